The molecule has 0 aliphatic carbocycles. The third-order valence-corrected chi connectivity index (χ3v) is 5.57. The topological polar surface area (TPSA) is 49.9 Å². The van der Waals surface area contributed by atoms with E-state index in [2.05, 4.69) is 0 Å². The molecule has 0 radical (unpaired) electrons. The van der Waals surface area contributed by atoms with Crippen molar-refractivity contribution in [2.24, 2.45) is 0 Å². The highest BCUT2D eigenvalue weighted by Gasteiger charge is 2.31. The first-order valence-electron chi connectivity index (χ1n) is 10.6. The molecule has 0 bridgehead atoms. The SMILES string of the molecule is Cc1cccc(C)c1OCCCC(=O)N1CCN(C(=O)c2ccc(C(F)(F)F)cc2)CC1. The van der Waals surface area contributed by atoms with Crippen LogP contribution in [0.25, 0.3) is 0 Å². The molecular formula is C24H27F3N2O3. The Morgan fingerprint density at radius 1 is 0.906 bits per heavy atom. The van der Waals surface area contributed by atoms with Crippen molar-refractivity contribution < 1.29 is 27.5 Å². The molecule has 1 saturated heterocycles. The molecule has 2 aromatic rings. The van der Waals surface area contributed by atoms with Crippen molar-refractivity contribution in [2.75, 3.05) is 32.8 Å². The van der Waals surface area contributed by atoms with E-state index in [1.165, 1.54) is 12.1 Å². The average Bonchev–Trinajstić information content (AvgIpc) is 2.77. The van der Waals surface area contributed by atoms with E-state index in [0.29, 0.717) is 45.6 Å². The molecule has 172 valence electrons. The standard InChI is InChI=1S/C24H27F3N2O3/c1-17-5-3-6-18(2)22(17)32-16-4-7-21(30)28-12-14-29(15-13-28)23(31)19-8-10-20(11-9-19)24(25,26)27/h3,5-6,8-11H,4,7,12-16H2,1-2H3. The summed E-state index contributed by atoms with van der Waals surface area (Å²) in [5, 5.41) is 0. The molecule has 3 rings (SSSR count). The number of hydrogen-bond acceptors (Lipinski definition) is 3. The summed E-state index contributed by atoms with van der Waals surface area (Å²) in [6, 6.07) is 10.2. The van der Waals surface area contributed by atoms with Crippen molar-refractivity contribution in [3.63, 3.8) is 0 Å². The van der Waals surface area contributed by atoms with Gasteiger partial charge in [-0.25, -0.2) is 0 Å². The van der Waals surface area contributed by atoms with Crippen molar-refractivity contribution in [2.45, 2.75) is 32.9 Å². The number of amides is 2. The predicted molar refractivity (Wildman–Crippen MR) is 115 cm³/mol. The second-order valence-corrected chi connectivity index (χ2v) is 7.92. The van der Waals surface area contributed by atoms with Crippen LogP contribution >= 0.6 is 0 Å². The Kier molecular flexibility index (Phi) is 7.43. The van der Waals surface area contributed by atoms with E-state index in [-0.39, 0.29) is 17.4 Å². The number of piperazine rings is 1. The lowest BCUT2D eigenvalue weighted by Crippen LogP contribution is -2.50. The summed E-state index contributed by atoms with van der Waals surface area (Å²) in [5.41, 5.74) is 1.54. The summed E-state index contributed by atoms with van der Waals surface area (Å²) < 4.78 is 43.9. The van der Waals surface area contributed by atoms with Gasteiger partial charge in [0.1, 0.15) is 5.75 Å². The number of hydrogen-bond donors (Lipinski definition) is 0. The van der Waals surface area contributed by atoms with E-state index in [1.54, 1.807) is 9.80 Å². The van der Waals surface area contributed by atoms with Gasteiger partial charge in [0.15, 0.2) is 0 Å². The molecule has 0 unspecified atom stereocenters. The van der Waals surface area contributed by atoms with E-state index >= 15 is 0 Å². The zero-order valence-corrected chi connectivity index (χ0v) is 18.2. The van der Waals surface area contributed by atoms with Crippen LogP contribution in [-0.2, 0) is 11.0 Å². The Morgan fingerprint density at radius 2 is 1.47 bits per heavy atom. The van der Waals surface area contributed by atoms with Gasteiger partial charge >= 0.3 is 6.18 Å². The fourth-order valence-corrected chi connectivity index (χ4v) is 3.73. The Labute approximate surface area is 185 Å². The van der Waals surface area contributed by atoms with Crippen LogP contribution in [0.15, 0.2) is 42.5 Å². The lowest BCUT2D eigenvalue weighted by atomic mass is 10.1. The van der Waals surface area contributed by atoms with E-state index in [1.807, 2.05) is 32.0 Å². The maximum Gasteiger partial charge on any atom is 0.416 e. The smallest absolute Gasteiger partial charge is 0.416 e. The molecule has 2 amide bonds. The number of rotatable bonds is 6. The van der Waals surface area contributed by atoms with E-state index in [0.717, 1.165) is 29.0 Å². The van der Waals surface area contributed by atoms with Crippen LogP contribution in [0.5, 0.6) is 5.75 Å². The van der Waals surface area contributed by atoms with Crippen molar-refractivity contribution >= 4 is 11.8 Å². The second kappa shape index (κ2) is 10.1. The fraction of sp³-hybridized carbons (Fsp3) is 0.417. The van der Waals surface area contributed by atoms with Crippen LogP contribution in [0.4, 0.5) is 13.2 Å². The molecule has 0 aromatic heterocycles. The molecule has 0 saturated carbocycles. The summed E-state index contributed by atoms with van der Waals surface area (Å²) in [7, 11) is 0. The number of carbonyl (C=O) groups excluding carboxylic acids is 2. The third kappa shape index (κ3) is 5.81. The predicted octanol–water partition coefficient (Wildman–Crippen LogP) is 4.47. The van der Waals surface area contributed by atoms with Crippen LogP contribution in [-0.4, -0.2) is 54.4 Å². The van der Waals surface area contributed by atoms with Gasteiger partial charge in [-0.05, 0) is 55.7 Å². The lowest BCUT2D eigenvalue weighted by Gasteiger charge is -2.35. The molecular weight excluding hydrogens is 421 g/mol. The van der Waals surface area contributed by atoms with Crippen molar-refractivity contribution in [1.29, 1.82) is 0 Å². The maximum absolute atomic E-state index is 12.7. The minimum Gasteiger partial charge on any atom is -0.493 e. The Morgan fingerprint density at radius 3 is 2.03 bits per heavy atom. The van der Waals surface area contributed by atoms with E-state index in [9.17, 15) is 22.8 Å². The van der Waals surface area contributed by atoms with E-state index < -0.39 is 11.7 Å². The van der Waals surface area contributed by atoms with Gasteiger partial charge in [0, 0.05) is 38.2 Å². The summed E-state index contributed by atoms with van der Waals surface area (Å²) in [4.78, 5) is 28.3. The number of aryl methyl sites for hydroxylation is 2. The quantitative estimate of drug-likeness (QED) is 0.613. The summed E-state index contributed by atoms with van der Waals surface area (Å²) >= 11 is 0. The lowest BCUT2D eigenvalue weighted by molar-refractivity contribution is -0.137. The van der Waals surface area contributed by atoms with Crippen LogP contribution in [0, 0.1) is 13.8 Å². The molecule has 8 heteroatoms. The van der Waals surface area contributed by atoms with Gasteiger partial charge in [0.05, 0.1) is 12.2 Å². The Hall–Kier alpha value is -3.03. The number of ether oxygens (including phenoxy) is 1. The van der Waals surface area contributed by atoms with Crippen LogP contribution in [0.1, 0.15) is 39.9 Å². The normalized spacial score (nSPS) is 14.4. The van der Waals surface area contributed by atoms with Crippen molar-refractivity contribution in [3.05, 3.63) is 64.7 Å². The van der Waals surface area contributed by atoms with Gasteiger partial charge in [-0.15, -0.1) is 0 Å². The third-order valence-electron chi connectivity index (χ3n) is 5.57. The highest BCUT2D eigenvalue weighted by molar-refractivity contribution is 5.94. The van der Waals surface area contributed by atoms with Crippen molar-refractivity contribution in [1.82, 2.24) is 9.80 Å². The molecule has 2 aromatic carbocycles. The number of nitrogens with zero attached hydrogens (tertiary/aromatic N) is 2. The molecule has 32 heavy (non-hydrogen) atoms. The van der Waals surface area contributed by atoms with E-state index in [4.69, 9.17) is 4.74 Å². The molecule has 1 fully saturated rings. The molecule has 1 aliphatic rings. The number of alkyl halides is 3. The van der Waals surface area contributed by atoms with Gasteiger partial charge in [-0.1, -0.05) is 18.2 Å². The van der Waals surface area contributed by atoms with Gasteiger partial charge < -0.3 is 14.5 Å². The van der Waals surface area contributed by atoms with Crippen LogP contribution in [0.2, 0.25) is 0 Å². The average molecular weight is 448 g/mol. The highest BCUT2D eigenvalue weighted by Crippen LogP contribution is 2.29. The van der Waals surface area contributed by atoms with Gasteiger partial charge in [-0.2, -0.15) is 13.2 Å². The second-order valence-electron chi connectivity index (χ2n) is 7.92. The maximum atomic E-state index is 12.7. The zero-order valence-electron chi connectivity index (χ0n) is 18.2. The number of para-hydroxylation sites is 1. The first-order valence-corrected chi connectivity index (χ1v) is 10.6. The van der Waals surface area contributed by atoms with Crippen LogP contribution in [0.3, 0.4) is 0 Å². The molecule has 0 atom stereocenters. The number of carbonyl (C=O) groups is 2. The van der Waals surface area contributed by atoms with Crippen LogP contribution < -0.4 is 4.74 Å². The Bertz CT molecular complexity index is 930. The Balaban J connectivity index is 1.43. The number of halogens is 3. The monoisotopic (exact) mass is 448 g/mol. The summed E-state index contributed by atoms with van der Waals surface area (Å²) in [6.07, 6.45) is -3.48. The molecule has 0 N–H and O–H groups in total. The van der Waals surface area contributed by atoms with Gasteiger partial charge in [0.2, 0.25) is 5.91 Å². The first-order chi connectivity index (χ1) is 15.2. The summed E-state index contributed by atoms with van der Waals surface area (Å²) in [5.74, 6) is 0.542. The molecule has 0 spiro atoms. The molecule has 1 heterocycles. The van der Waals surface area contributed by atoms with Gasteiger partial charge in [0.25, 0.3) is 5.91 Å². The number of benzene rings is 2. The molecule has 1 aliphatic heterocycles. The van der Waals surface area contributed by atoms with Crippen molar-refractivity contribution in [3.8, 4) is 5.75 Å². The zero-order chi connectivity index (χ0) is 23.3. The van der Waals surface area contributed by atoms with Gasteiger partial charge in [-0.3, -0.25) is 9.59 Å². The minimum atomic E-state index is -4.43. The molecule has 5 nitrogen and oxygen atoms in total. The fourth-order valence-electron chi connectivity index (χ4n) is 3.73. The highest BCUT2D eigenvalue weighted by atomic mass is 19.4. The first kappa shape index (κ1) is 23.6. The summed E-state index contributed by atoms with van der Waals surface area (Å²) in [6.45, 7) is 5.93. The minimum absolute atomic E-state index is 0.0109. The largest absolute Gasteiger partial charge is 0.493 e.